The van der Waals surface area contributed by atoms with Gasteiger partial charge < -0.3 is 20.3 Å². The van der Waals surface area contributed by atoms with Crippen LogP contribution in [0.5, 0.6) is 11.5 Å². The van der Waals surface area contributed by atoms with Crippen molar-refractivity contribution in [2.75, 3.05) is 31.1 Å². The van der Waals surface area contributed by atoms with E-state index in [0.717, 1.165) is 38.6 Å². The number of unbranched alkanes of at least 4 members (excludes halogenated alkanes) is 2. The molecule has 0 spiro atoms. The average molecular weight is 489 g/mol. The average Bonchev–Trinajstić information content (AvgIpc) is 3.32. The molecule has 9 heteroatoms. The Hall–Kier alpha value is -2.62. The van der Waals surface area contributed by atoms with Crippen molar-refractivity contribution in [3.05, 3.63) is 48.0 Å². The van der Waals surface area contributed by atoms with Gasteiger partial charge in [-0.25, -0.2) is 13.6 Å². The van der Waals surface area contributed by atoms with E-state index in [1.807, 2.05) is 18.2 Å². The number of rotatable bonds is 12. The van der Waals surface area contributed by atoms with Crippen LogP contribution in [0.15, 0.2) is 47.4 Å². The van der Waals surface area contributed by atoms with Crippen molar-refractivity contribution in [1.29, 1.82) is 0 Å². The van der Waals surface area contributed by atoms with Gasteiger partial charge in [0.05, 0.1) is 5.69 Å². The zero-order valence-corrected chi connectivity index (χ0v) is 20.9. The van der Waals surface area contributed by atoms with Gasteiger partial charge in [0.2, 0.25) is 10.0 Å². The molecule has 1 amide bonds. The van der Waals surface area contributed by atoms with Crippen molar-refractivity contribution < 1.29 is 17.9 Å². The van der Waals surface area contributed by atoms with Gasteiger partial charge in [-0.2, -0.15) is 0 Å². The number of carbonyl (C=O) groups excluding carboxylic acids is 1. The molecule has 2 aromatic carbocycles. The number of nitrogens with zero attached hydrogens (tertiary/aromatic N) is 1. The van der Waals surface area contributed by atoms with E-state index in [1.165, 1.54) is 6.07 Å². The fraction of sp³-hybridized carbons (Fsp3) is 0.480. The Morgan fingerprint density at radius 1 is 1.15 bits per heavy atom. The molecule has 2 aromatic rings. The minimum Gasteiger partial charge on any atom is -0.454 e. The quantitative estimate of drug-likeness (QED) is 0.420. The Balaban J connectivity index is 2.13. The highest BCUT2D eigenvalue weighted by atomic mass is 32.2. The first kappa shape index (κ1) is 26.0. The van der Waals surface area contributed by atoms with Crippen molar-refractivity contribution >= 4 is 21.6 Å². The summed E-state index contributed by atoms with van der Waals surface area (Å²) in [6.07, 6.45) is 4.63. The number of nitrogens with two attached hydrogens (primary N) is 1. The Morgan fingerprint density at radius 3 is 2.38 bits per heavy atom. The van der Waals surface area contributed by atoms with Crippen LogP contribution in [0.4, 0.5) is 5.69 Å². The number of hydrogen-bond donors (Lipinski definition) is 3. The number of sulfonamides is 1. The minimum absolute atomic E-state index is 0.00501. The monoisotopic (exact) mass is 488 g/mol. The Labute approximate surface area is 202 Å². The van der Waals surface area contributed by atoms with Crippen LogP contribution in [0.3, 0.4) is 0 Å². The lowest BCUT2D eigenvalue weighted by Gasteiger charge is -2.28. The maximum Gasteiger partial charge on any atom is 0.251 e. The number of ether oxygens (including phenoxy) is 1. The highest BCUT2D eigenvalue weighted by molar-refractivity contribution is 7.89. The molecule has 1 atom stereocenters. The molecule has 186 valence electrons. The molecule has 1 heterocycles. The topological polar surface area (TPSA) is 114 Å². The minimum atomic E-state index is -4.18. The molecule has 1 aliphatic heterocycles. The van der Waals surface area contributed by atoms with Crippen LogP contribution in [0.25, 0.3) is 0 Å². The molecule has 1 saturated heterocycles. The zero-order chi connectivity index (χ0) is 24.6. The highest BCUT2D eigenvalue weighted by Gasteiger charge is 2.27. The van der Waals surface area contributed by atoms with E-state index in [9.17, 15) is 13.2 Å². The number of primary sulfonamides is 1. The number of nitrogens with one attached hydrogen (secondary N) is 2. The first-order valence-corrected chi connectivity index (χ1v) is 13.6. The summed E-state index contributed by atoms with van der Waals surface area (Å²) in [5.41, 5.74) is 0.816. The van der Waals surface area contributed by atoms with E-state index in [1.54, 1.807) is 18.2 Å². The predicted molar refractivity (Wildman–Crippen MR) is 135 cm³/mol. The third kappa shape index (κ3) is 6.94. The fourth-order valence-electron chi connectivity index (χ4n) is 3.97. The van der Waals surface area contributed by atoms with Crippen LogP contribution in [-0.4, -0.2) is 46.5 Å². The summed E-state index contributed by atoms with van der Waals surface area (Å²) in [5, 5.41) is 11.9. The maximum absolute atomic E-state index is 13.1. The highest BCUT2D eigenvalue weighted by Crippen LogP contribution is 2.39. The van der Waals surface area contributed by atoms with Gasteiger partial charge in [0, 0.05) is 31.2 Å². The maximum atomic E-state index is 13.1. The number of hydrogen-bond acceptors (Lipinski definition) is 6. The van der Waals surface area contributed by atoms with Crippen molar-refractivity contribution in [1.82, 2.24) is 10.6 Å². The predicted octanol–water partition coefficient (Wildman–Crippen LogP) is 3.62. The summed E-state index contributed by atoms with van der Waals surface area (Å²) in [4.78, 5) is 15.0. The first-order valence-electron chi connectivity index (χ1n) is 12.0. The lowest BCUT2D eigenvalue weighted by Crippen LogP contribution is -2.36. The molecule has 0 bridgehead atoms. The number of benzene rings is 2. The van der Waals surface area contributed by atoms with Gasteiger partial charge in [-0.15, -0.1) is 0 Å². The summed E-state index contributed by atoms with van der Waals surface area (Å²) < 4.78 is 31.5. The smallest absolute Gasteiger partial charge is 0.251 e. The summed E-state index contributed by atoms with van der Waals surface area (Å²) in [7, 11) is -4.18. The molecule has 0 aromatic heterocycles. The van der Waals surface area contributed by atoms with Gasteiger partial charge in [-0.3, -0.25) is 4.79 Å². The van der Waals surface area contributed by atoms with Crippen LogP contribution in [0.1, 0.15) is 56.3 Å². The molecule has 3 rings (SSSR count). The molecule has 4 N–H and O–H groups in total. The lowest BCUT2D eigenvalue weighted by molar-refractivity contribution is 0.0940. The lowest BCUT2D eigenvalue weighted by atomic mass is 10.1. The fourth-order valence-corrected chi connectivity index (χ4v) is 4.67. The molecule has 34 heavy (non-hydrogen) atoms. The van der Waals surface area contributed by atoms with Crippen LogP contribution in [0, 0.1) is 0 Å². The second-order valence-corrected chi connectivity index (χ2v) is 10.2. The van der Waals surface area contributed by atoms with E-state index < -0.39 is 10.0 Å². The van der Waals surface area contributed by atoms with E-state index in [0.29, 0.717) is 31.1 Å². The van der Waals surface area contributed by atoms with Crippen LogP contribution < -0.4 is 25.4 Å². The molecular formula is C25H36N4O4S. The van der Waals surface area contributed by atoms with Crippen LogP contribution in [0.2, 0.25) is 0 Å². The van der Waals surface area contributed by atoms with Crippen molar-refractivity contribution in [3.8, 4) is 11.5 Å². The van der Waals surface area contributed by atoms with E-state index in [-0.39, 0.29) is 28.2 Å². The molecule has 0 saturated carbocycles. The summed E-state index contributed by atoms with van der Waals surface area (Å²) in [6.45, 7) is 7.16. The van der Waals surface area contributed by atoms with Crippen LogP contribution in [-0.2, 0) is 10.0 Å². The van der Waals surface area contributed by atoms with Crippen molar-refractivity contribution in [2.45, 2.75) is 56.9 Å². The van der Waals surface area contributed by atoms with Gasteiger partial charge >= 0.3 is 0 Å². The van der Waals surface area contributed by atoms with Gasteiger partial charge in [0.15, 0.2) is 5.75 Å². The van der Waals surface area contributed by atoms with Crippen molar-refractivity contribution in [2.24, 2.45) is 5.14 Å². The van der Waals surface area contributed by atoms with Gasteiger partial charge in [-0.1, -0.05) is 44.9 Å². The zero-order valence-electron chi connectivity index (χ0n) is 20.0. The molecule has 0 aliphatic carbocycles. The van der Waals surface area contributed by atoms with Crippen molar-refractivity contribution in [3.63, 3.8) is 0 Å². The van der Waals surface area contributed by atoms with E-state index >= 15 is 0 Å². The summed E-state index contributed by atoms with van der Waals surface area (Å²) >= 11 is 0. The number of para-hydroxylation sites is 1. The number of amides is 1. The Bertz CT molecular complexity index is 1050. The molecule has 1 fully saturated rings. The Morgan fingerprint density at radius 2 is 1.82 bits per heavy atom. The summed E-state index contributed by atoms with van der Waals surface area (Å²) in [6, 6.07) is 12.1. The molecule has 0 radical (unpaired) electrons. The number of anilines is 1. The second-order valence-electron chi connectivity index (χ2n) is 8.64. The largest absolute Gasteiger partial charge is 0.454 e. The number of carbonyl (C=O) groups is 1. The third-order valence-corrected chi connectivity index (χ3v) is 6.78. The molecular weight excluding hydrogens is 452 g/mol. The first-order chi connectivity index (χ1) is 16.3. The third-order valence-electron chi connectivity index (χ3n) is 5.87. The molecule has 1 aliphatic rings. The standard InChI is InChI=1S/C25H36N4O4S/c1-3-5-14-29(15-6-4-2)22-16-19(25(30)28-20-12-13-27-18-20)17-23(34(26,31)32)24(22)33-21-10-8-7-9-11-21/h7-11,16-17,20,27H,3-6,12-15,18H2,1-2H3,(H,28,30)(H2,26,31,32). The van der Waals surface area contributed by atoms with E-state index in [4.69, 9.17) is 9.88 Å². The second kappa shape index (κ2) is 12.2. The molecule has 1 unspecified atom stereocenters. The van der Waals surface area contributed by atoms with Crippen LogP contribution >= 0.6 is 0 Å². The summed E-state index contributed by atoms with van der Waals surface area (Å²) in [5.74, 6) is 0.325. The van der Waals surface area contributed by atoms with Gasteiger partial charge in [0.1, 0.15) is 10.6 Å². The van der Waals surface area contributed by atoms with Gasteiger partial charge in [0.25, 0.3) is 5.91 Å². The normalized spacial score (nSPS) is 15.8. The SMILES string of the molecule is CCCCN(CCCC)c1cc(C(=O)NC2CCNC2)cc(S(N)(=O)=O)c1Oc1ccccc1. The van der Waals surface area contributed by atoms with Gasteiger partial charge in [-0.05, 0) is 50.1 Å². The van der Waals surface area contributed by atoms with E-state index in [2.05, 4.69) is 29.4 Å². The Kier molecular flexibility index (Phi) is 9.32. The molecule has 8 nitrogen and oxygen atoms in total.